The Morgan fingerprint density at radius 1 is 1.28 bits per heavy atom. The van der Waals surface area contributed by atoms with Crippen molar-refractivity contribution >= 4 is 5.91 Å². The molecular weight excluding hydrogens is 395 g/mol. The minimum Gasteiger partial charge on any atom is -0.398 e. The molecule has 0 bridgehead atoms. The fourth-order valence-electron chi connectivity index (χ4n) is 2.76. The number of nitrogens with one attached hydrogen (secondary N) is 2. The fraction of sp³-hybridized carbons (Fsp3) is 0.316. The molecule has 0 saturated heterocycles. The summed E-state index contributed by atoms with van der Waals surface area (Å²) in [6.07, 6.45) is 0.0400. The molecule has 4 N–H and O–H groups in total. The van der Waals surface area contributed by atoms with E-state index < -0.39 is 35.3 Å². The second-order valence-electron chi connectivity index (χ2n) is 6.25. The van der Waals surface area contributed by atoms with Crippen LogP contribution in [-0.4, -0.2) is 36.7 Å². The molecule has 1 amide bonds. The van der Waals surface area contributed by atoms with Gasteiger partial charge in [-0.2, -0.15) is 13.2 Å². The predicted octanol–water partition coefficient (Wildman–Crippen LogP) is 3.14. The smallest absolute Gasteiger partial charge is 0.398 e. The number of carbonyl (C=O) groups excluding carboxylic acids is 1. The van der Waals surface area contributed by atoms with E-state index in [2.05, 4.69) is 10.7 Å². The van der Waals surface area contributed by atoms with Gasteiger partial charge in [0.2, 0.25) is 0 Å². The molecule has 1 unspecified atom stereocenters. The van der Waals surface area contributed by atoms with Crippen molar-refractivity contribution < 1.29 is 26.7 Å². The number of carbonyl (C=O) groups is 1. The molecule has 0 aromatic heterocycles. The van der Waals surface area contributed by atoms with Gasteiger partial charge in [0.15, 0.2) is 0 Å². The van der Waals surface area contributed by atoms with Gasteiger partial charge >= 0.3 is 6.18 Å². The summed E-state index contributed by atoms with van der Waals surface area (Å²) in [5, 5.41) is 3.53. The molecule has 1 aliphatic rings. The Hall–Kier alpha value is -2.88. The number of hydrogen-bond donors (Lipinski definition) is 3. The topological polar surface area (TPSA) is 70.4 Å². The van der Waals surface area contributed by atoms with Crippen LogP contribution < -0.4 is 16.5 Å². The van der Waals surface area contributed by atoms with Gasteiger partial charge in [-0.1, -0.05) is 19.1 Å². The molecule has 5 nitrogen and oxygen atoms in total. The van der Waals surface area contributed by atoms with E-state index in [1.165, 1.54) is 18.1 Å². The number of benzene rings is 1. The molecule has 1 aromatic rings. The number of halogens is 5. The second kappa shape index (κ2) is 9.08. The number of rotatable bonds is 6. The first-order valence-corrected chi connectivity index (χ1v) is 8.73. The van der Waals surface area contributed by atoms with Gasteiger partial charge in [0, 0.05) is 24.9 Å². The van der Waals surface area contributed by atoms with E-state index in [0.29, 0.717) is 12.0 Å². The largest absolute Gasteiger partial charge is 0.409 e. The Morgan fingerprint density at radius 3 is 2.41 bits per heavy atom. The number of nitrogens with two attached hydrogens (primary N) is 1. The molecule has 0 aliphatic carbocycles. The van der Waals surface area contributed by atoms with Gasteiger partial charge in [-0.05, 0) is 30.7 Å². The first kappa shape index (κ1) is 22.4. The van der Waals surface area contributed by atoms with Crippen LogP contribution in [-0.2, 0) is 0 Å². The van der Waals surface area contributed by atoms with Crippen LogP contribution in [0.4, 0.5) is 22.0 Å². The summed E-state index contributed by atoms with van der Waals surface area (Å²) in [5.41, 5.74) is 8.26. The number of hydrazine groups is 1. The van der Waals surface area contributed by atoms with E-state index in [4.69, 9.17) is 5.73 Å². The lowest BCUT2D eigenvalue weighted by Crippen LogP contribution is -2.43. The van der Waals surface area contributed by atoms with E-state index in [1.807, 2.05) is 0 Å². The quantitative estimate of drug-likeness (QED) is 0.492. The highest BCUT2D eigenvalue weighted by atomic mass is 19.4. The summed E-state index contributed by atoms with van der Waals surface area (Å²) in [6.45, 7) is 1.62. The third kappa shape index (κ3) is 5.35. The first-order valence-electron chi connectivity index (χ1n) is 8.73. The number of amides is 1. The van der Waals surface area contributed by atoms with Crippen LogP contribution in [0.5, 0.6) is 0 Å². The zero-order chi connectivity index (χ0) is 21.8. The lowest BCUT2D eigenvalue weighted by atomic mass is 10.1. The first-order chi connectivity index (χ1) is 13.6. The molecule has 1 heterocycles. The summed E-state index contributed by atoms with van der Waals surface area (Å²) in [6, 6.07) is 1.20. The third-order valence-electron chi connectivity index (χ3n) is 4.14. The average Bonchev–Trinajstić information content (AvgIpc) is 3.01. The number of likely N-dealkylation sites (N-methyl/N-ethyl adjacent to an activating group) is 1. The molecule has 0 radical (unpaired) electrons. The molecule has 1 atom stereocenters. The Bertz CT molecular complexity index is 840. The monoisotopic (exact) mass is 416 g/mol. The van der Waals surface area contributed by atoms with Crippen molar-refractivity contribution in [1.29, 1.82) is 0 Å². The fourth-order valence-corrected chi connectivity index (χ4v) is 2.76. The normalized spacial score (nSPS) is 18.1. The van der Waals surface area contributed by atoms with Crippen LogP contribution in [0.2, 0.25) is 0 Å². The maximum Gasteiger partial charge on any atom is 0.409 e. The zero-order valence-corrected chi connectivity index (χ0v) is 15.8. The zero-order valence-electron chi connectivity index (χ0n) is 15.8. The number of hydrogen-bond acceptors (Lipinski definition) is 4. The van der Waals surface area contributed by atoms with Crippen LogP contribution in [0.3, 0.4) is 0 Å². The Kier molecular flexibility index (Phi) is 7.02. The van der Waals surface area contributed by atoms with Gasteiger partial charge in [-0.15, -0.1) is 0 Å². The van der Waals surface area contributed by atoms with Crippen molar-refractivity contribution in [3.63, 3.8) is 0 Å². The van der Waals surface area contributed by atoms with Crippen LogP contribution in [0.25, 0.3) is 0 Å². The highest BCUT2D eigenvalue weighted by Crippen LogP contribution is 2.30. The van der Waals surface area contributed by atoms with Crippen LogP contribution in [0.15, 0.2) is 53.4 Å². The second-order valence-corrected chi connectivity index (χ2v) is 6.25. The van der Waals surface area contributed by atoms with Crippen molar-refractivity contribution in [3.8, 4) is 0 Å². The maximum atomic E-state index is 13.6. The van der Waals surface area contributed by atoms with E-state index in [9.17, 15) is 26.7 Å². The van der Waals surface area contributed by atoms with Gasteiger partial charge in [-0.25, -0.2) is 14.2 Å². The third-order valence-corrected chi connectivity index (χ3v) is 4.14. The van der Waals surface area contributed by atoms with Gasteiger partial charge in [0.25, 0.3) is 5.91 Å². The van der Waals surface area contributed by atoms with Crippen molar-refractivity contribution in [1.82, 2.24) is 15.8 Å². The molecule has 2 rings (SSSR count). The SMILES string of the molecule is CC/C=C(C1=CC(C(F)(F)F)NN1C)\C(N)=C/CNC(=O)c1c(F)cccc1F. The maximum absolute atomic E-state index is 13.6. The van der Waals surface area contributed by atoms with Gasteiger partial charge < -0.3 is 16.1 Å². The number of alkyl halides is 3. The van der Waals surface area contributed by atoms with E-state index >= 15 is 0 Å². The Balaban J connectivity index is 2.15. The average molecular weight is 416 g/mol. The molecule has 10 heteroatoms. The van der Waals surface area contributed by atoms with Crippen LogP contribution in [0.1, 0.15) is 23.7 Å². The highest BCUT2D eigenvalue weighted by molar-refractivity contribution is 5.94. The van der Waals surface area contributed by atoms with Gasteiger partial charge in [0.1, 0.15) is 23.2 Å². The Morgan fingerprint density at radius 2 is 1.90 bits per heavy atom. The molecule has 1 aliphatic heterocycles. The van der Waals surface area contributed by atoms with Crippen molar-refractivity contribution in [2.24, 2.45) is 5.73 Å². The lowest BCUT2D eigenvalue weighted by Gasteiger charge is -2.21. The van der Waals surface area contributed by atoms with Gasteiger partial charge in [-0.3, -0.25) is 4.79 Å². The molecule has 0 saturated carbocycles. The predicted molar refractivity (Wildman–Crippen MR) is 98.2 cm³/mol. The molecular formula is C19H21F5N4O. The molecule has 0 fully saturated rings. The van der Waals surface area contributed by atoms with Crippen molar-refractivity contribution in [3.05, 3.63) is 70.6 Å². The van der Waals surface area contributed by atoms with Crippen molar-refractivity contribution in [2.75, 3.05) is 13.6 Å². The minimum absolute atomic E-state index is 0.115. The lowest BCUT2D eigenvalue weighted by molar-refractivity contribution is -0.148. The summed E-state index contributed by atoms with van der Waals surface area (Å²) < 4.78 is 66.2. The van der Waals surface area contributed by atoms with E-state index in [0.717, 1.165) is 24.3 Å². The molecule has 158 valence electrons. The minimum atomic E-state index is -4.47. The van der Waals surface area contributed by atoms with Gasteiger partial charge in [0.05, 0.1) is 5.70 Å². The molecule has 1 aromatic carbocycles. The van der Waals surface area contributed by atoms with Crippen LogP contribution >= 0.6 is 0 Å². The van der Waals surface area contributed by atoms with E-state index in [1.54, 1.807) is 13.0 Å². The van der Waals surface area contributed by atoms with Crippen LogP contribution in [0, 0.1) is 11.6 Å². The number of allylic oxidation sites excluding steroid dienone is 1. The summed E-state index contributed by atoms with van der Waals surface area (Å²) in [4.78, 5) is 12.0. The molecule has 0 spiro atoms. The standard InChI is InChI=1S/C19H21F5N4O/c1-3-5-11(15-10-16(19(22,23)24)27-28(15)2)14(25)8-9-26-18(29)17-12(20)6-4-7-13(17)21/h4-8,10,16,27H,3,9,25H2,1-2H3,(H,26,29)/b11-5+,14-8+. The summed E-state index contributed by atoms with van der Waals surface area (Å²) >= 11 is 0. The number of nitrogens with zero attached hydrogens (tertiary/aromatic N) is 1. The Labute approximate surface area is 164 Å². The highest BCUT2D eigenvalue weighted by Gasteiger charge is 2.42. The summed E-state index contributed by atoms with van der Waals surface area (Å²) in [7, 11) is 1.43. The van der Waals surface area contributed by atoms with Crippen molar-refractivity contribution in [2.45, 2.75) is 25.6 Å². The summed E-state index contributed by atoms with van der Waals surface area (Å²) in [5.74, 6) is -2.98. The molecule has 29 heavy (non-hydrogen) atoms. The van der Waals surface area contributed by atoms with E-state index in [-0.39, 0.29) is 17.9 Å².